The Morgan fingerprint density at radius 1 is 0.967 bits per heavy atom. The Morgan fingerprint density at radius 2 is 1.57 bits per heavy atom. The lowest BCUT2D eigenvalue weighted by atomic mass is 9.77. The SMILES string of the molecule is C/C=C\CCC1CCC(c2ccc(C(F)(F)Oc3cc(F)c(F)c(F)c3)cc2)CC1. The maximum absolute atomic E-state index is 14.4. The van der Waals surface area contributed by atoms with Crippen molar-refractivity contribution >= 4 is 0 Å². The number of hydrogen-bond acceptors (Lipinski definition) is 1. The Hall–Kier alpha value is -2.37. The number of rotatable bonds is 7. The van der Waals surface area contributed by atoms with Crippen molar-refractivity contribution in [3.8, 4) is 5.75 Å². The molecule has 162 valence electrons. The molecule has 30 heavy (non-hydrogen) atoms. The molecule has 1 aliphatic carbocycles. The molecule has 0 radical (unpaired) electrons. The van der Waals surface area contributed by atoms with Gasteiger partial charge in [0.25, 0.3) is 0 Å². The lowest BCUT2D eigenvalue weighted by Crippen LogP contribution is -2.22. The average Bonchev–Trinajstić information content (AvgIpc) is 2.72. The van der Waals surface area contributed by atoms with E-state index in [0.29, 0.717) is 24.0 Å². The fraction of sp³-hybridized carbons (Fsp3) is 0.417. The highest BCUT2D eigenvalue weighted by Crippen LogP contribution is 2.39. The first-order valence-corrected chi connectivity index (χ1v) is 10.2. The molecule has 0 amide bonds. The molecular weight excluding hydrogens is 399 g/mol. The third kappa shape index (κ3) is 5.41. The number of allylic oxidation sites excluding steroid dienone is 2. The molecular formula is C24H25F5O. The van der Waals surface area contributed by atoms with E-state index in [0.717, 1.165) is 37.7 Å². The van der Waals surface area contributed by atoms with Crippen LogP contribution in [0.4, 0.5) is 22.0 Å². The summed E-state index contributed by atoms with van der Waals surface area (Å²) in [5.74, 6) is -4.63. The second-order valence-electron chi connectivity index (χ2n) is 7.81. The quantitative estimate of drug-likeness (QED) is 0.250. The van der Waals surface area contributed by atoms with Gasteiger partial charge in [-0.1, -0.05) is 24.3 Å². The minimum atomic E-state index is -3.81. The molecule has 0 aliphatic heterocycles. The van der Waals surface area contributed by atoms with Gasteiger partial charge in [-0.2, -0.15) is 8.78 Å². The highest BCUT2D eigenvalue weighted by atomic mass is 19.3. The fourth-order valence-electron chi connectivity index (χ4n) is 4.03. The second kappa shape index (κ2) is 9.63. The minimum absolute atomic E-state index is 0.340. The van der Waals surface area contributed by atoms with Gasteiger partial charge in [0.2, 0.25) is 0 Å². The standard InChI is InChI=1S/C24H25F5O/c1-2-3-4-5-16-6-8-17(9-7-16)18-10-12-19(13-11-18)24(28,29)30-20-14-21(25)23(27)22(26)15-20/h2-3,10-17H,4-9H2,1H3/b3-2-. The van der Waals surface area contributed by atoms with Gasteiger partial charge in [0, 0.05) is 12.1 Å². The third-order valence-corrected chi connectivity index (χ3v) is 5.75. The van der Waals surface area contributed by atoms with Gasteiger partial charge in [-0.3, -0.25) is 0 Å². The van der Waals surface area contributed by atoms with Gasteiger partial charge in [-0.25, -0.2) is 13.2 Å². The molecule has 1 saturated carbocycles. The summed E-state index contributed by atoms with van der Waals surface area (Å²) in [6.45, 7) is 2.02. The van der Waals surface area contributed by atoms with E-state index in [1.807, 2.05) is 6.92 Å². The van der Waals surface area contributed by atoms with Crippen LogP contribution in [0, 0.1) is 23.4 Å². The summed E-state index contributed by atoms with van der Waals surface area (Å²) in [7, 11) is 0. The first kappa shape index (κ1) is 22.3. The van der Waals surface area contributed by atoms with Gasteiger partial charge < -0.3 is 4.74 Å². The zero-order chi connectivity index (χ0) is 21.7. The molecule has 6 heteroatoms. The van der Waals surface area contributed by atoms with Crippen molar-refractivity contribution in [3.63, 3.8) is 0 Å². The van der Waals surface area contributed by atoms with Crippen LogP contribution in [0.3, 0.4) is 0 Å². The van der Waals surface area contributed by atoms with E-state index in [1.54, 1.807) is 12.1 Å². The summed E-state index contributed by atoms with van der Waals surface area (Å²) in [4.78, 5) is 0. The summed E-state index contributed by atoms with van der Waals surface area (Å²) in [5.41, 5.74) is 0.566. The van der Waals surface area contributed by atoms with Crippen LogP contribution in [-0.2, 0) is 6.11 Å². The lowest BCUT2D eigenvalue weighted by molar-refractivity contribution is -0.185. The third-order valence-electron chi connectivity index (χ3n) is 5.75. The minimum Gasteiger partial charge on any atom is -0.429 e. The molecule has 0 N–H and O–H groups in total. The number of ether oxygens (including phenoxy) is 1. The molecule has 0 unspecified atom stereocenters. The lowest BCUT2D eigenvalue weighted by Gasteiger charge is -2.29. The van der Waals surface area contributed by atoms with E-state index >= 15 is 0 Å². The van der Waals surface area contributed by atoms with Gasteiger partial charge in [-0.05, 0) is 75.0 Å². The molecule has 2 aromatic carbocycles. The molecule has 0 atom stereocenters. The normalized spacial score (nSPS) is 19.9. The van der Waals surface area contributed by atoms with Crippen molar-refractivity contribution < 1.29 is 26.7 Å². The Balaban J connectivity index is 1.62. The molecule has 1 fully saturated rings. The topological polar surface area (TPSA) is 9.23 Å². The molecule has 0 saturated heterocycles. The van der Waals surface area contributed by atoms with Crippen LogP contribution in [-0.4, -0.2) is 0 Å². The summed E-state index contributed by atoms with van der Waals surface area (Å²) >= 11 is 0. The number of alkyl halides is 2. The number of hydrogen-bond donors (Lipinski definition) is 0. The van der Waals surface area contributed by atoms with Crippen molar-refractivity contribution in [2.75, 3.05) is 0 Å². The number of halogens is 5. The second-order valence-corrected chi connectivity index (χ2v) is 7.81. The van der Waals surface area contributed by atoms with Gasteiger partial charge in [0.15, 0.2) is 17.5 Å². The van der Waals surface area contributed by atoms with Crippen molar-refractivity contribution in [2.24, 2.45) is 5.92 Å². The van der Waals surface area contributed by atoms with E-state index in [2.05, 4.69) is 16.9 Å². The van der Waals surface area contributed by atoms with Crippen LogP contribution in [0.1, 0.15) is 62.5 Å². The Bertz CT molecular complexity index is 845. The van der Waals surface area contributed by atoms with Gasteiger partial charge in [-0.15, -0.1) is 0 Å². The first-order valence-electron chi connectivity index (χ1n) is 10.2. The Kier molecular flexibility index (Phi) is 7.16. The zero-order valence-corrected chi connectivity index (χ0v) is 16.8. The average molecular weight is 424 g/mol. The Morgan fingerprint density at radius 3 is 2.13 bits per heavy atom. The highest BCUT2D eigenvalue weighted by Gasteiger charge is 2.35. The maximum atomic E-state index is 14.4. The molecule has 3 rings (SSSR count). The monoisotopic (exact) mass is 424 g/mol. The summed E-state index contributed by atoms with van der Waals surface area (Å²) in [6.07, 6.45) is 7.04. The molecule has 0 aromatic heterocycles. The van der Waals surface area contributed by atoms with Crippen molar-refractivity contribution in [3.05, 3.63) is 77.1 Å². The summed E-state index contributed by atoms with van der Waals surface area (Å²) < 4.78 is 72.8. The van der Waals surface area contributed by atoms with Crippen LogP contribution in [0.2, 0.25) is 0 Å². The van der Waals surface area contributed by atoms with Crippen molar-refractivity contribution in [1.29, 1.82) is 0 Å². The van der Waals surface area contributed by atoms with E-state index in [1.165, 1.54) is 18.6 Å². The molecule has 0 spiro atoms. The predicted octanol–water partition coefficient (Wildman–Crippen LogP) is 7.86. The van der Waals surface area contributed by atoms with Crippen LogP contribution < -0.4 is 4.74 Å². The van der Waals surface area contributed by atoms with Crippen molar-refractivity contribution in [1.82, 2.24) is 0 Å². The van der Waals surface area contributed by atoms with Crippen LogP contribution in [0.5, 0.6) is 5.75 Å². The molecule has 1 aliphatic rings. The van der Waals surface area contributed by atoms with Gasteiger partial charge in [0.05, 0.1) is 5.56 Å². The van der Waals surface area contributed by atoms with E-state index in [-0.39, 0.29) is 0 Å². The van der Waals surface area contributed by atoms with E-state index < -0.39 is 34.9 Å². The summed E-state index contributed by atoms with van der Waals surface area (Å²) in [5, 5.41) is 0. The van der Waals surface area contributed by atoms with Gasteiger partial charge in [0.1, 0.15) is 5.75 Å². The van der Waals surface area contributed by atoms with Gasteiger partial charge >= 0.3 is 6.11 Å². The van der Waals surface area contributed by atoms with Crippen LogP contribution >= 0.6 is 0 Å². The molecule has 2 aromatic rings. The smallest absolute Gasteiger partial charge is 0.426 e. The molecule has 0 heterocycles. The Labute approximate surface area is 173 Å². The maximum Gasteiger partial charge on any atom is 0.426 e. The zero-order valence-electron chi connectivity index (χ0n) is 16.8. The van der Waals surface area contributed by atoms with E-state index in [4.69, 9.17) is 0 Å². The highest BCUT2D eigenvalue weighted by molar-refractivity contribution is 5.30. The largest absolute Gasteiger partial charge is 0.429 e. The summed E-state index contributed by atoms with van der Waals surface area (Å²) in [6, 6.07) is 6.64. The van der Waals surface area contributed by atoms with Crippen LogP contribution in [0.25, 0.3) is 0 Å². The van der Waals surface area contributed by atoms with Crippen LogP contribution in [0.15, 0.2) is 48.6 Å². The number of benzene rings is 2. The van der Waals surface area contributed by atoms with Crippen molar-refractivity contribution in [2.45, 2.75) is 57.5 Å². The molecule has 0 bridgehead atoms. The predicted molar refractivity (Wildman–Crippen MR) is 106 cm³/mol. The van der Waals surface area contributed by atoms with E-state index in [9.17, 15) is 22.0 Å². The first-order chi connectivity index (χ1) is 14.3. The molecule has 1 nitrogen and oxygen atoms in total. The fourth-order valence-corrected chi connectivity index (χ4v) is 4.03.